The lowest BCUT2D eigenvalue weighted by atomic mass is 10.1. The summed E-state index contributed by atoms with van der Waals surface area (Å²) in [5.41, 5.74) is -0.0482. The molecule has 0 unspecified atom stereocenters. The summed E-state index contributed by atoms with van der Waals surface area (Å²) in [5, 5.41) is 2.70. The van der Waals surface area contributed by atoms with E-state index in [2.05, 4.69) is 24.6 Å². The molecule has 0 radical (unpaired) electrons. The molecule has 0 bridgehead atoms. The number of amides is 1. The van der Waals surface area contributed by atoms with Crippen molar-refractivity contribution >= 4 is 23.1 Å². The number of nitrogens with zero attached hydrogens (tertiary/aromatic N) is 5. The number of ether oxygens (including phenoxy) is 1. The molecule has 4 heterocycles. The molecule has 1 fully saturated rings. The number of nitrogens with one attached hydrogen (secondary N) is 1. The van der Waals surface area contributed by atoms with Gasteiger partial charge in [0.05, 0.1) is 41.5 Å². The van der Waals surface area contributed by atoms with Gasteiger partial charge in [0, 0.05) is 43.2 Å². The average molecular weight is 575 g/mol. The molecule has 1 amide bonds. The van der Waals surface area contributed by atoms with Crippen molar-refractivity contribution in [1.82, 2.24) is 24.2 Å². The molecule has 0 aliphatic carbocycles. The van der Waals surface area contributed by atoms with Crippen molar-refractivity contribution in [1.29, 1.82) is 0 Å². The van der Waals surface area contributed by atoms with Crippen LogP contribution in [0.4, 0.5) is 32.0 Å². The Morgan fingerprint density at radius 2 is 1.87 bits per heavy atom. The second-order valence-corrected chi connectivity index (χ2v) is 9.86. The fraction of sp³-hybridized carbons (Fsp3) is 0.458. The molecular formula is C24H24F6N6O2S. The van der Waals surface area contributed by atoms with Crippen molar-refractivity contribution in [2.24, 2.45) is 0 Å². The van der Waals surface area contributed by atoms with Gasteiger partial charge in [0.1, 0.15) is 6.10 Å². The number of aryl methyl sites for hydroxylation is 1. The fourth-order valence-electron chi connectivity index (χ4n) is 4.04. The van der Waals surface area contributed by atoms with Crippen LogP contribution in [0.15, 0.2) is 30.7 Å². The van der Waals surface area contributed by atoms with Crippen LogP contribution in [-0.4, -0.2) is 62.0 Å². The molecule has 39 heavy (non-hydrogen) atoms. The number of halogens is 6. The first-order chi connectivity index (χ1) is 18.4. The van der Waals surface area contributed by atoms with Crippen molar-refractivity contribution < 1.29 is 35.9 Å². The van der Waals surface area contributed by atoms with Crippen LogP contribution in [0.25, 0.3) is 0 Å². The number of carbonyl (C=O) groups excluding carboxylic acids is 1. The lowest BCUT2D eigenvalue weighted by molar-refractivity contribution is -0.141. The monoisotopic (exact) mass is 574 g/mol. The lowest BCUT2D eigenvalue weighted by Gasteiger charge is -2.32. The Morgan fingerprint density at radius 1 is 1.13 bits per heavy atom. The molecular weight excluding hydrogens is 550 g/mol. The summed E-state index contributed by atoms with van der Waals surface area (Å²) in [6.07, 6.45) is -5.49. The van der Waals surface area contributed by atoms with Crippen LogP contribution >= 0.6 is 11.5 Å². The third-order valence-corrected chi connectivity index (χ3v) is 6.94. The van der Waals surface area contributed by atoms with Gasteiger partial charge in [0.15, 0.2) is 5.69 Å². The Labute approximate surface area is 223 Å². The van der Waals surface area contributed by atoms with Gasteiger partial charge in [-0.3, -0.25) is 9.78 Å². The molecule has 210 valence electrons. The van der Waals surface area contributed by atoms with Crippen molar-refractivity contribution in [3.63, 3.8) is 0 Å². The highest BCUT2D eigenvalue weighted by Gasteiger charge is 2.33. The summed E-state index contributed by atoms with van der Waals surface area (Å²) >= 11 is 0.995. The largest absolute Gasteiger partial charge is 0.474 e. The molecule has 15 heteroatoms. The first kappa shape index (κ1) is 28.7. The highest BCUT2D eigenvalue weighted by molar-refractivity contribution is 7.06. The summed E-state index contributed by atoms with van der Waals surface area (Å²) in [4.78, 5) is 26.6. The quantitative estimate of drug-likeness (QED) is 0.366. The number of likely N-dealkylation sites (tertiary alicyclic amines) is 1. The molecule has 3 aromatic rings. The number of alkyl halides is 6. The maximum Gasteiger partial charge on any atom is 0.434 e. The Morgan fingerprint density at radius 3 is 2.51 bits per heavy atom. The van der Waals surface area contributed by atoms with Gasteiger partial charge in [-0.05, 0) is 37.4 Å². The number of rotatable bonds is 8. The normalized spacial score (nSPS) is 15.4. The second-order valence-electron chi connectivity index (χ2n) is 9.00. The van der Waals surface area contributed by atoms with Gasteiger partial charge in [-0.25, -0.2) is 9.97 Å². The first-order valence-electron chi connectivity index (χ1n) is 11.9. The van der Waals surface area contributed by atoms with Gasteiger partial charge in [-0.2, -0.15) is 30.7 Å². The van der Waals surface area contributed by atoms with Crippen molar-refractivity contribution in [3.05, 3.63) is 58.2 Å². The topological polar surface area (TPSA) is 93.1 Å². The smallest absolute Gasteiger partial charge is 0.434 e. The second kappa shape index (κ2) is 11.8. The molecule has 1 N–H and O–H groups in total. The predicted molar refractivity (Wildman–Crippen MR) is 130 cm³/mol. The number of carbonyl (C=O) groups is 1. The molecule has 0 atom stereocenters. The highest BCUT2D eigenvalue weighted by atomic mass is 32.1. The number of hydrogen-bond acceptors (Lipinski definition) is 8. The third kappa shape index (κ3) is 8.08. The number of anilines is 1. The van der Waals surface area contributed by atoms with Gasteiger partial charge < -0.3 is 15.0 Å². The van der Waals surface area contributed by atoms with E-state index in [9.17, 15) is 31.1 Å². The number of hydrogen-bond donors (Lipinski definition) is 1. The maximum absolute atomic E-state index is 13.0. The van der Waals surface area contributed by atoms with Crippen molar-refractivity contribution in [2.45, 2.75) is 51.1 Å². The van der Waals surface area contributed by atoms with Crippen LogP contribution in [0, 0.1) is 6.92 Å². The standard InChI is InChI=1S/C24H24F6N6O2S/c1-14-21(18(39-35-14)10-16-11-31-13-19(33-16)24(28,29)30)22(37)34-15-2-3-20(32-12-15)38-17-4-7-36(8-5-17)9-6-23(25,26)27/h2-3,11-13,17H,4-10H2,1H3,(H,34,37). The van der Waals surface area contributed by atoms with E-state index in [-0.39, 0.29) is 30.3 Å². The minimum atomic E-state index is -4.64. The molecule has 0 spiro atoms. The summed E-state index contributed by atoms with van der Waals surface area (Å²) in [6, 6.07) is 3.16. The van der Waals surface area contributed by atoms with Gasteiger partial charge in [-0.1, -0.05) is 0 Å². The zero-order valence-electron chi connectivity index (χ0n) is 20.6. The maximum atomic E-state index is 13.0. The molecule has 0 aromatic carbocycles. The molecule has 1 saturated heterocycles. The van der Waals surface area contributed by atoms with Crippen LogP contribution in [0.1, 0.15) is 51.6 Å². The van der Waals surface area contributed by atoms with Crippen LogP contribution in [0.5, 0.6) is 5.88 Å². The van der Waals surface area contributed by atoms with E-state index in [1.54, 1.807) is 24.0 Å². The molecule has 1 aliphatic rings. The SMILES string of the molecule is Cc1nsc(Cc2cncc(C(F)(F)F)n2)c1C(=O)Nc1ccc(OC2CCN(CCC(F)(F)F)CC2)nc1. The number of aromatic nitrogens is 4. The molecule has 4 rings (SSSR count). The zero-order chi connectivity index (χ0) is 28.2. The number of piperidine rings is 1. The fourth-order valence-corrected chi connectivity index (χ4v) is 4.93. The summed E-state index contributed by atoms with van der Waals surface area (Å²) < 4.78 is 86.2. The number of pyridine rings is 1. The van der Waals surface area contributed by atoms with E-state index in [4.69, 9.17) is 4.74 Å². The van der Waals surface area contributed by atoms with E-state index >= 15 is 0 Å². The van der Waals surface area contributed by atoms with Gasteiger partial charge in [0.2, 0.25) is 5.88 Å². The van der Waals surface area contributed by atoms with Crippen LogP contribution in [0.3, 0.4) is 0 Å². The highest BCUT2D eigenvalue weighted by Crippen LogP contribution is 2.28. The average Bonchev–Trinajstić information content (AvgIpc) is 3.23. The first-order valence-corrected chi connectivity index (χ1v) is 12.7. The Bertz CT molecular complexity index is 1270. The predicted octanol–water partition coefficient (Wildman–Crippen LogP) is 5.29. The molecule has 1 aliphatic heterocycles. The van der Waals surface area contributed by atoms with Gasteiger partial charge in [0.25, 0.3) is 5.91 Å². The van der Waals surface area contributed by atoms with Crippen LogP contribution < -0.4 is 10.1 Å². The minimum Gasteiger partial charge on any atom is -0.474 e. The van der Waals surface area contributed by atoms with E-state index in [0.29, 0.717) is 54.3 Å². The molecule has 0 saturated carbocycles. The van der Waals surface area contributed by atoms with Crippen LogP contribution in [0.2, 0.25) is 0 Å². The summed E-state index contributed by atoms with van der Waals surface area (Å²) in [7, 11) is 0. The molecule has 3 aromatic heterocycles. The Kier molecular flexibility index (Phi) is 8.69. The van der Waals surface area contributed by atoms with E-state index in [1.807, 2.05) is 0 Å². The Hall–Kier alpha value is -3.33. The van der Waals surface area contributed by atoms with Gasteiger partial charge >= 0.3 is 12.4 Å². The lowest BCUT2D eigenvalue weighted by Crippen LogP contribution is -2.39. The van der Waals surface area contributed by atoms with E-state index in [0.717, 1.165) is 11.5 Å². The van der Waals surface area contributed by atoms with Crippen LogP contribution in [-0.2, 0) is 12.6 Å². The van der Waals surface area contributed by atoms with E-state index in [1.165, 1.54) is 12.4 Å². The van der Waals surface area contributed by atoms with E-state index < -0.39 is 30.4 Å². The minimum absolute atomic E-state index is 0.0307. The van der Waals surface area contributed by atoms with Crippen molar-refractivity contribution in [2.75, 3.05) is 25.0 Å². The zero-order valence-corrected chi connectivity index (χ0v) is 21.5. The summed E-state index contributed by atoms with van der Waals surface area (Å²) in [5.74, 6) is -0.184. The van der Waals surface area contributed by atoms with Crippen molar-refractivity contribution in [3.8, 4) is 5.88 Å². The Balaban J connectivity index is 1.33. The molecule has 8 nitrogen and oxygen atoms in total. The third-order valence-electron chi connectivity index (χ3n) is 6.00. The van der Waals surface area contributed by atoms with Gasteiger partial charge in [-0.15, -0.1) is 0 Å². The summed E-state index contributed by atoms with van der Waals surface area (Å²) in [6.45, 7) is 2.59.